The average molecular weight is 327 g/mol. The highest BCUT2D eigenvalue weighted by molar-refractivity contribution is 5.42. The highest BCUT2D eigenvalue weighted by atomic mass is 19.1. The van der Waals surface area contributed by atoms with E-state index in [-0.39, 0.29) is 17.2 Å². The maximum atomic E-state index is 14.5. The Labute approximate surface area is 142 Å². The molecule has 126 valence electrons. The van der Waals surface area contributed by atoms with Crippen molar-refractivity contribution >= 4 is 0 Å². The quantitative estimate of drug-likeness (QED) is 0.858. The Bertz CT molecular complexity index is 721. The Morgan fingerprint density at radius 1 is 1.21 bits per heavy atom. The van der Waals surface area contributed by atoms with Crippen molar-refractivity contribution in [3.8, 4) is 5.75 Å². The average Bonchev–Trinajstić information content (AvgIpc) is 2.94. The van der Waals surface area contributed by atoms with Gasteiger partial charge in [-0.3, -0.25) is 4.90 Å². The summed E-state index contributed by atoms with van der Waals surface area (Å²) in [7, 11) is 1.71. The van der Waals surface area contributed by atoms with E-state index in [1.165, 1.54) is 11.6 Å². The van der Waals surface area contributed by atoms with Crippen LogP contribution in [-0.4, -0.2) is 38.3 Å². The van der Waals surface area contributed by atoms with Crippen LogP contribution in [0.3, 0.4) is 0 Å². The molecule has 0 aliphatic carbocycles. The Kier molecular flexibility index (Phi) is 4.02. The smallest absolute Gasteiger partial charge is 0.130 e. The first kappa shape index (κ1) is 15.6. The van der Waals surface area contributed by atoms with Crippen LogP contribution >= 0.6 is 0 Å². The lowest BCUT2D eigenvalue weighted by Crippen LogP contribution is -2.43. The van der Waals surface area contributed by atoms with Crippen molar-refractivity contribution in [2.24, 2.45) is 5.41 Å². The molecule has 0 radical (unpaired) electrons. The molecule has 2 aliphatic heterocycles. The van der Waals surface area contributed by atoms with Crippen molar-refractivity contribution in [3.05, 3.63) is 65.5 Å². The zero-order valence-electron chi connectivity index (χ0n) is 13.9. The van der Waals surface area contributed by atoms with Crippen LogP contribution in [0, 0.1) is 11.2 Å². The van der Waals surface area contributed by atoms with Crippen molar-refractivity contribution in [1.82, 2.24) is 4.90 Å². The van der Waals surface area contributed by atoms with E-state index in [0.717, 1.165) is 25.2 Å². The molecule has 2 aromatic carbocycles. The van der Waals surface area contributed by atoms with Crippen molar-refractivity contribution < 1.29 is 13.9 Å². The molecule has 24 heavy (non-hydrogen) atoms. The number of ether oxygens (including phenoxy) is 2. The highest BCUT2D eigenvalue weighted by Gasteiger charge is 2.52. The summed E-state index contributed by atoms with van der Waals surface area (Å²) < 4.78 is 26.0. The van der Waals surface area contributed by atoms with E-state index < -0.39 is 0 Å². The maximum absolute atomic E-state index is 14.5. The van der Waals surface area contributed by atoms with E-state index in [4.69, 9.17) is 9.47 Å². The summed E-state index contributed by atoms with van der Waals surface area (Å²) in [6.07, 6.45) is 0. The number of rotatable bonds is 4. The van der Waals surface area contributed by atoms with Gasteiger partial charge in [-0.05, 0) is 17.7 Å². The standard InChI is InChI=1S/C20H22FNO2/c1-23-13-20-12-22(10-15-6-3-2-4-7-15)11-16(20)19-17(21)8-5-9-18(19)24-14-20/h2-9,16H,10-14H2,1H3/t16-,20+/m0/s1. The second-order valence-corrected chi connectivity index (χ2v) is 6.94. The molecule has 0 spiro atoms. The summed E-state index contributed by atoms with van der Waals surface area (Å²) in [4.78, 5) is 2.39. The fourth-order valence-electron chi connectivity index (χ4n) is 4.26. The lowest BCUT2D eigenvalue weighted by Gasteiger charge is -2.39. The van der Waals surface area contributed by atoms with Crippen LogP contribution in [0.15, 0.2) is 48.5 Å². The van der Waals surface area contributed by atoms with Crippen LogP contribution in [-0.2, 0) is 11.3 Å². The van der Waals surface area contributed by atoms with E-state index in [9.17, 15) is 4.39 Å². The number of hydrogen-bond acceptors (Lipinski definition) is 3. The molecule has 0 amide bonds. The number of benzene rings is 2. The minimum Gasteiger partial charge on any atom is -0.492 e. The number of methoxy groups -OCH3 is 1. The van der Waals surface area contributed by atoms with Crippen LogP contribution in [0.4, 0.5) is 4.39 Å². The molecule has 0 saturated carbocycles. The maximum Gasteiger partial charge on any atom is 0.130 e. The zero-order chi connectivity index (χ0) is 16.6. The normalized spacial score (nSPS) is 25.8. The molecule has 2 aliphatic rings. The van der Waals surface area contributed by atoms with E-state index in [1.807, 2.05) is 12.1 Å². The SMILES string of the molecule is COC[C@]12COc3cccc(F)c3[C@@H]1CN(Cc1ccccc1)C2. The van der Waals surface area contributed by atoms with Crippen molar-refractivity contribution in [3.63, 3.8) is 0 Å². The predicted octanol–water partition coefficient (Wildman–Crippen LogP) is 3.45. The van der Waals surface area contributed by atoms with E-state index in [1.54, 1.807) is 13.2 Å². The van der Waals surface area contributed by atoms with Gasteiger partial charge in [0.1, 0.15) is 11.6 Å². The van der Waals surface area contributed by atoms with Crippen LogP contribution in [0.1, 0.15) is 17.0 Å². The predicted molar refractivity (Wildman–Crippen MR) is 90.7 cm³/mol. The third-order valence-electron chi connectivity index (χ3n) is 5.28. The first-order chi connectivity index (χ1) is 11.7. The van der Waals surface area contributed by atoms with Gasteiger partial charge in [0, 0.05) is 43.6 Å². The first-order valence-electron chi connectivity index (χ1n) is 8.38. The minimum absolute atomic E-state index is 0.103. The van der Waals surface area contributed by atoms with Gasteiger partial charge in [0.25, 0.3) is 0 Å². The summed E-state index contributed by atoms with van der Waals surface area (Å²) in [5, 5.41) is 0. The number of fused-ring (bicyclic) bond motifs is 3. The lowest BCUT2D eigenvalue weighted by molar-refractivity contribution is 0.0210. The molecule has 4 heteroatoms. The van der Waals surface area contributed by atoms with Gasteiger partial charge in [-0.2, -0.15) is 0 Å². The van der Waals surface area contributed by atoms with E-state index >= 15 is 0 Å². The zero-order valence-corrected chi connectivity index (χ0v) is 13.9. The first-order valence-corrected chi connectivity index (χ1v) is 8.38. The van der Waals surface area contributed by atoms with Gasteiger partial charge in [0.05, 0.1) is 13.2 Å². The summed E-state index contributed by atoms with van der Waals surface area (Å²) >= 11 is 0. The second kappa shape index (κ2) is 6.19. The van der Waals surface area contributed by atoms with E-state index in [0.29, 0.717) is 19.0 Å². The van der Waals surface area contributed by atoms with Gasteiger partial charge in [-0.1, -0.05) is 36.4 Å². The summed E-state index contributed by atoms with van der Waals surface area (Å²) in [5.74, 6) is 0.624. The van der Waals surface area contributed by atoms with Gasteiger partial charge < -0.3 is 9.47 Å². The summed E-state index contributed by atoms with van der Waals surface area (Å²) in [5.41, 5.74) is 1.81. The largest absolute Gasteiger partial charge is 0.492 e. The van der Waals surface area contributed by atoms with Gasteiger partial charge in [-0.25, -0.2) is 4.39 Å². The van der Waals surface area contributed by atoms with Crippen LogP contribution in [0.5, 0.6) is 5.75 Å². The molecule has 4 rings (SSSR count). The van der Waals surface area contributed by atoms with Gasteiger partial charge in [-0.15, -0.1) is 0 Å². The minimum atomic E-state index is -0.182. The molecule has 1 saturated heterocycles. The van der Waals surface area contributed by atoms with Crippen LogP contribution in [0.25, 0.3) is 0 Å². The molecular weight excluding hydrogens is 305 g/mol. The summed E-state index contributed by atoms with van der Waals surface area (Å²) in [6, 6.07) is 15.5. The Hall–Kier alpha value is -1.91. The fraction of sp³-hybridized carbons (Fsp3) is 0.400. The number of halogens is 1. The summed E-state index contributed by atoms with van der Waals surface area (Å²) in [6.45, 7) is 3.71. The molecule has 1 fully saturated rings. The van der Waals surface area contributed by atoms with Crippen molar-refractivity contribution in [2.75, 3.05) is 33.4 Å². The number of hydrogen-bond donors (Lipinski definition) is 0. The third kappa shape index (κ3) is 2.60. The molecule has 0 bridgehead atoms. The topological polar surface area (TPSA) is 21.7 Å². The van der Waals surface area contributed by atoms with Gasteiger partial charge in [0.2, 0.25) is 0 Å². The Balaban J connectivity index is 1.66. The molecule has 0 unspecified atom stereocenters. The molecule has 3 nitrogen and oxygen atoms in total. The van der Waals surface area contributed by atoms with Crippen molar-refractivity contribution in [1.29, 1.82) is 0 Å². The molecule has 2 aromatic rings. The van der Waals surface area contributed by atoms with Gasteiger partial charge in [0.15, 0.2) is 0 Å². The van der Waals surface area contributed by atoms with Crippen LogP contribution in [0.2, 0.25) is 0 Å². The monoisotopic (exact) mass is 327 g/mol. The Morgan fingerprint density at radius 3 is 2.83 bits per heavy atom. The second-order valence-electron chi connectivity index (χ2n) is 6.94. The highest BCUT2D eigenvalue weighted by Crippen LogP contribution is 2.50. The fourth-order valence-corrected chi connectivity index (χ4v) is 4.26. The molecular formula is C20H22FNO2. The number of likely N-dealkylation sites (tertiary alicyclic amines) is 1. The molecule has 0 N–H and O–H groups in total. The third-order valence-corrected chi connectivity index (χ3v) is 5.28. The number of nitrogens with zero attached hydrogens (tertiary/aromatic N) is 1. The van der Waals surface area contributed by atoms with Crippen molar-refractivity contribution in [2.45, 2.75) is 12.5 Å². The molecule has 2 atom stereocenters. The van der Waals surface area contributed by atoms with Gasteiger partial charge >= 0.3 is 0 Å². The van der Waals surface area contributed by atoms with Crippen LogP contribution < -0.4 is 4.74 Å². The molecule has 0 aromatic heterocycles. The molecule has 2 heterocycles. The lowest BCUT2D eigenvalue weighted by atomic mass is 9.73. The van der Waals surface area contributed by atoms with E-state index in [2.05, 4.69) is 29.2 Å². The Morgan fingerprint density at radius 2 is 2.04 bits per heavy atom.